The number of alkyl halides is 3. The molecular weight excluding hydrogens is 387 g/mol. The van der Waals surface area contributed by atoms with Gasteiger partial charge in [-0.05, 0) is 30.4 Å². The molecule has 2 fully saturated rings. The molecule has 2 aliphatic rings. The molecule has 9 heteroatoms. The van der Waals surface area contributed by atoms with E-state index in [2.05, 4.69) is 4.90 Å². The minimum Gasteiger partial charge on any atom is -0.465 e. The van der Waals surface area contributed by atoms with Crippen LogP contribution in [0.2, 0.25) is 0 Å². The Hall–Kier alpha value is -2.29. The van der Waals surface area contributed by atoms with Crippen molar-refractivity contribution in [1.29, 1.82) is 0 Å². The Labute approximate surface area is 167 Å². The molecule has 160 valence electrons. The molecule has 1 aliphatic heterocycles. The third kappa shape index (κ3) is 5.62. The first kappa shape index (κ1) is 21.4. The van der Waals surface area contributed by atoms with E-state index in [1.54, 1.807) is 12.1 Å². The van der Waals surface area contributed by atoms with E-state index in [9.17, 15) is 22.8 Å². The summed E-state index contributed by atoms with van der Waals surface area (Å²) < 4.78 is 37.3. The Morgan fingerprint density at radius 2 is 1.66 bits per heavy atom. The van der Waals surface area contributed by atoms with Gasteiger partial charge in [-0.15, -0.1) is 0 Å². The fourth-order valence-corrected chi connectivity index (χ4v) is 3.76. The zero-order valence-electron chi connectivity index (χ0n) is 16.3. The molecule has 0 spiro atoms. The molecule has 2 N–H and O–H groups in total. The second-order valence-corrected chi connectivity index (χ2v) is 7.86. The first-order valence-electron chi connectivity index (χ1n) is 9.84. The third-order valence-electron chi connectivity index (χ3n) is 5.71. The van der Waals surface area contributed by atoms with Gasteiger partial charge >= 0.3 is 18.2 Å². The Morgan fingerprint density at radius 3 is 2.14 bits per heavy atom. The molecule has 29 heavy (non-hydrogen) atoms. The molecule has 1 aromatic carbocycles. The van der Waals surface area contributed by atoms with Gasteiger partial charge in [0.25, 0.3) is 0 Å². The van der Waals surface area contributed by atoms with Crippen LogP contribution in [0.5, 0.6) is 0 Å². The molecule has 1 saturated heterocycles. The molecule has 3 rings (SSSR count). The monoisotopic (exact) mass is 413 g/mol. The van der Waals surface area contributed by atoms with Crippen molar-refractivity contribution in [3.8, 4) is 0 Å². The van der Waals surface area contributed by atoms with Gasteiger partial charge in [0.2, 0.25) is 0 Å². The molecule has 2 atom stereocenters. The number of hydrogen-bond donors (Lipinski definition) is 2. The van der Waals surface area contributed by atoms with Crippen molar-refractivity contribution in [2.45, 2.75) is 44.4 Å². The quantitative estimate of drug-likeness (QED) is 0.748. The van der Waals surface area contributed by atoms with Crippen molar-refractivity contribution in [2.75, 3.05) is 26.2 Å². The average Bonchev–Trinajstić information content (AvgIpc) is 3.50. The Balaban J connectivity index is 1.67. The molecular formula is C20H26F3N3O3. The maximum atomic E-state index is 12.4. The number of rotatable bonds is 6. The predicted octanol–water partition coefficient (Wildman–Crippen LogP) is 3.56. The van der Waals surface area contributed by atoms with Crippen LogP contribution in [0.3, 0.4) is 0 Å². The van der Waals surface area contributed by atoms with Crippen molar-refractivity contribution in [2.24, 2.45) is 5.92 Å². The summed E-state index contributed by atoms with van der Waals surface area (Å²) >= 11 is 0. The van der Waals surface area contributed by atoms with Crippen molar-refractivity contribution in [1.82, 2.24) is 15.1 Å². The van der Waals surface area contributed by atoms with Gasteiger partial charge in [0, 0.05) is 32.2 Å². The number of benzene rings is 1. The molecule has 0 radical (unpaired) electrons. The van der Waals surface area contributed by atoms with Crippen LogP contribution < -0.4 is 5.32 Å². The smallest absolute Gasteiger partial charge is 0.465 e. The summed E-state index contributed by atoms with van der Waals surface area (Å²) in [4.78, 5) is 26.0. The summed E-state index contributed by atoms with van der Waals surface area (Å²) in [7, 11) is 0. The highest BCUT2D eigenvalue weighted by atomic mass is 19.4. The van der Waals surface area contributed by atoms with Gasteiger partial charge in [0.05, 0.1) is 6.04 Å². The molecule has 0 bridgehead atoms. The maximum Gasteiger partial charge on any atom is 0.471 e. The van der Waals surface area contributed by atoms with Crippen molar-refractivity contribution < 1.29 is 27.9 Å². The lowest BCUT2D eigenvalue weighted by atomic mass is 9.96. The van der Waals surface area contributed by atoms with Crippen LogP contribution in [-0.4, -0.2) is 59.3 Å². The highest BCUT2D eigenvalue weighted by Gasteiger charge is 2.39. The molecule has 1 aromatic rings. The van der Waals surface area contributed by atoms with E-state index in [0.29, 0.717) is 37.7 Å². The summed E-state index contributed by atoms with van der Waals surface area (Å²) in [6, 6.07) is 6.73. The van der Waals surface area contributed by atoms with Crippen LogP contribution in [-0.2, 0) is 4.79 Å². The minimum atomic E-state index is -4.90. The molecule has 1 saturated carbocycles. The molecule has 0 aromatic heterocycles. The fraction of sp³-hybridized carbons (Fsp3) is 0.600. The van der Waals surface area contributed by atoms with Gasteiger partial charge in [0.15, 0.2) is 0 Å². The lowest BCUT2D eigenvalue weighted by Crippen LogP contribution is -2.49. The van der Waals surface area contributed by atoms with Gasteiger partial charge in [-0.2, -0.15) is 13.2 Å². The molecule has 1 unspecified atom stereocenters. The van der Waals surface area contributed by atoms with Crippen molar-refractivity contribution in [3.63, 3.8) is 0 Å². The summed E-state index contributed by atoms with van der Waals surface area (Å²) in [5.41, 5.74) is 1.67. The van der Waals surface area contributed by atoms with Crippen LogP contribution in [0, 0.1) is 5.92 Å². The third-order valence-corrected chi connectivity index (χ3v) is 5.71. The molecule has 1 aliphatic carbocycles. The molecule has 1 heterocycles. The number of carboxylic acid groups (broad SMARTS) is 1. The van der Waals surface area contributed by atoms with Gasteiger partial charge in [0.1, 0.15) is 0 Å². The predicted molar refractivity (Wildman–Crippen MR) is 100 cm³/mol. The summed E-state index contributed by atoms with van der Waals surface area (Å²) in [5.74, 6) is -1.28. The van der Waals surface area contributed by atoms with E-state index in [1.807, 2.05) is 17.4 Å². The van der Waals surface area contributed by atoms with E-state index < -0.39 is 24.2 Å². The van der Waals surface area contributed by atoms with E-state index in [1.165, 1.54) is 24.7 Å². The number of carbonyl (C=O) groups is 2. The lowest BCUT2D eigenvalue weighted by molar-refractivity contribution is -0.174. The van der Waals surface area contributed by atoms with Gasteiger partial charge < -0.3 is 15.3 Å². The first-order chi connectivity index (χ1) is 13.6. The number of carbonyl (C=O) groups excluding carboxylic acids is 1. The average molecular weight is 413 g/mol. The van der Waals surface area contributed by atoms with Crippen LogP contribution in [0.4, 0.5) is 18.0 Å². The molecule has 6 nitrogen and oxygen atoms in total. The molecule has 2 amide bonds. The first-order valence-corrected chi connectivity index (χ1v) is 9.84. The van der Waals surface area contributed by atoms with Crippen molar-refractivity contribution >= 4 is 12.0 Å². The Kier molecular flexibility index (Phi) is 6.36. The number of halogens is 3. The number of nitrogens with one attached hydrogen (secondary N) is 1. The normalized spacial score (nSPS) is 20.2. The Bertz CT molecular complexity index is 727. The zero-order chi connectivity index (χ0) is 21.2. The van der Waals surface area contributed by atoms with E-state index in [4.69, 9.17) is 5.11 Å². The number of amides is 2. The van der Waals surface area contributed by atoms with E-state index in [-0.39, 0.29) is 6.04 Å². The SMILES string of the molecule is C[C@H](NC(=O)C(F)(F)F)c1ccc(C(CC2CC2)N2CCN(C(=O)O)CC2)cc1. The fourth-order valence-electron chi connectivity index (χ4n) is 3.76. The highest BCUT2D eigenvalue weighted by molar-refractivity contribution is 5.82. The number of hydrogen-bond acceptors (Lipinski definition) is 3. The zero-order valence-corrected chi connectivity index (χ0v) is 16.3. The summed E-state index contributed by atoms with van der Waals surface area (Å²) in [6.45, 7) is 3.77. The second-order valence-electron chi connectivity index (χ2n) is 7.86. The minimum absolute atomic E-state index is 0.160. The van der Waals surface area contributed by atoms with Gasteiger partial charge in [-0.3, -0.25) is 9.69 Å². The summed E-state index contributed by atoms with van der Waals surface area (Å²) in [6.07, 6.45) is -2.41. The van der Waals surface area contributed by atoms with Crippen LogP contribution >= 0.6 is 0 Å². The van der Waals surface area contributed by atoms with Gasteiger partial charge in [-0.25, -0.2) is 4.79 Å². The number of nitrogens with zero attached hydrogens (tertiary/aromatic N) is 2. The summed E-state index contributed by atoms with van der Waals surface area (Å²) in [5, 5.41) is 11.1. The highest BCUT2D eigenvalue weighted by Crippen LogP contribution is 2.40. The van der Waals surface area contributed by atoms with E-state index in [0.717, 1.165) is 12.0 Å². The van der Waals surface area contributed by atoms with Crippen LogP contribution in [0.1, 0.15) is 49.4 Å². The lowest BCUT2D eigenvalue weighted by Gasteiger charge is -2.38. The largest absolute Gasteiger partial charge is 0.471 e. The van der Waals surface area contributed by atoms with Crippen LogP contribution in [0.25, 0.3) is 0 Å². The topological polar surface area (TPSA) is 72.9 Å². The second kappa shape index (κ2) is 8.61. The Morgan fingerprint density at radius 1 is 1.10 bits per heavy atom. The van der Waals surface area contributed by atoms with Gasteiger partial charge in [-0.1, -0.05) is 37.1 Å². The van der Waals surface area contributed by atoms with Crippen LogP contribution in [0.15, 0.2) is 24.3 Å². The van der Waals surface area contributed by atoms with E-state index >= 15 is 0 Å². The number of piperazine rings is 1. The standard InChI is InChI=1S/C20H26F3N3O3/c1-13(24-18(27)20(21,22)23)15-4-6-16(7-5-15)17(12-14-2-3-14)25-8-10-26(11-9-25)19(28)29/h4-7,13-14,17H,2-3,8-12H2,1H3,(H,24,27)(H,28,29)/t13-,17?/m0/s1. The maximum absolute atomic E-state index is 12.4. The van der Waals surface area contributed by atoms with Crippen molar-refractivity contribution in [3.05, 3.63) is 35.4 Å².